The molecule has 1 N–H and O–H groups in total. The molecular formula is C26H24F2N4O. The van der Waals surface area contributed by atoms with Crippen LogP contribution in [0.2, 0.25) is 0 Å². The van der Waals surface area contributed by atoms with Gasteiger partial charge < -0.3 is 5.32 Å². The van der Waals surface area contributed by atoms with Crippen LogP contribution in [0, 0.1) is 17.6 Å². The highest BCUT2D eigenvalue weighted by Crippen LogP contribution is 2.25. The van der Waals surface area contributed by atoms with Crippen molar-refractivity contribution in [3.8, 4) is 5.69 Å². The second-order valence-corrected chi connectivity index (χ2v) is 8.40. The van der Waals surface area contributed by atoms with Gasteiger partial charge in [0.1, 0.15) is 17.5 Å². The molecule has 0 radical (unpaired) electrons. The first-order chi connectivity index (χ1) is 16.1. The lowest BCUT2D eigenvalue weighted by molar-refractivity contribution is -0.121. The van der Waals surface area contributed by atoms with Crippen molar-refractivity contribution in [2.24, 2.45) is 5.92 Å². The number of halogens is 2. The van der Waals surface area contributed by atoms with Gasteiger partial charge in [-0.05, 0) is 80.1 Å². The van der Waals surface area contributed by atoms with Crippen LogP contribution in [0.25, 0.3) is 16.7 Å². The van der Waals surface area contributed by atoms with Crippen LogP contribution in [-0.2, 0) is 11.3 Å². The lowest BCUT2D eigenvalue weighted by atomic mass is 9.97. The molecule has 1 fully saturated rings. The van der Waals surface area contributed by atoms with Gasteiger partial charge in [-0.2, -0.15) is 0 Å². The van der Waals surface area contributed by atoms with Gasteiger partial charge in [0.2, 0.25) is 5.91 Å². The van der Waals surface area contributed by atoms with Crippen molar-refractivity contribution >= 4 is 22.6 Å². The summed E-state index contributed by atoms with van der Waals surface area (Å²) in [4.78, 5) is 19.9. The normalized spacial score (nSPS) is 16.7. The third-order valence-electron chi connectivity index (χ3n) is 6.07. The van der Waals surface area contributed by atoms with E-state index in [2.05, 4.69) is 14.8 Å². The first kappa shape index (κ1) is 21.3. The Labute approximate surface area is 190 Å². The number of rotatable bonds is 5. The molecule has 1 aromatic heterocycles. The van der Waals surface area contributed by atoms with Gasteiger partial charge in [-0.3, -0.25) is 14.3 Å². The fourth-order valence-corrected chi connectivity index (χ4v) is 4.45. The van der Waals surface area contributed by atoms with E-state index in [0.717, 1.165) is 41.9 Å². The predicted octanol–water partition coefficient (Wildman–Crippen LogP) is 5.15. The van der Waals surface area contributed by atoms with Gasteiger partial charge in [-0.1, -0.05) is 12.1 Å². The Morgan fingerprint density at radius 3 is 2.42 bits per heavy atom. The maximum absolute atomic E-state index is 13.5. The van der Waals surface area contributed by atoms with Crippen molar-refractivity contribution in [1.82, 2.24) is 14.5 Å². The van der Waals surface area contributed by atoms with E-state index < -0.39 is 0 Å². The topological polar surface area (TPSA) is 50.2 Å². The molecule has 2 heterocycles. The number of anilines is 1. The minimum absolute atomic E-state index is 0.0571. The largest absolute Gasteiger partial charge is 0.326 e. The summed E-state index contributed by atoms with van der Waals surface area (Å²) in [6.07, 6.45) is 1.70. The summed E-state index contributed by atoms with van der Waals surface area (Å²) in [5.74, 6) is 0.0184. The average Bonchev–Trinajstić information content (AvgIpc) is 3.19. The Hall–Kier alpha value is -3.58. The van der Waals surface area contributed by atoms with E-state index in [1.807, 2.05) is 24.3 Å². The number of piperidine rings is 1. The van der Waals surface area contributed by atoms with E-state index in [4.69, 9.17) is 4.98 Å². The lowest BCUT2D eigenvalue weighted by Crippen LogP contribution is -2.40. The number of imidazole rings is 1. The molecule has 5 nitrogen and oxygen atoms in total. The smallest absolute Gasteiger partial charge is 0.228 e. The van der Waals surface area contributed by atoms with Gasteiger partial charge in [0.25, 0.3) is 0 Å². The Balaban J connectivity index is 1.36. The molecule has 168 valence electrons. The van der Waals surface area contributed by atoms with E-state index in [-0.39, 0.29) is 23.5 Å². The van der Waals surface area contributed by atoms with Crippen molar-refractivity contribution in [1.29, 1.82) is 0 Å². The van der Waals surface area contributed by atoms with Crippen molar-refractivity contribution in [2.75, 3.05) is 18.4 Å². The number of nitrogens with zero attached hydrogens (tertiary/aromatic N) is 3. The maximum atomic E-state index is 13.5. The number of likely N-dealkylation sites (tertiary alicyclic amines) is 1. The Kier molecular flexibility index (Phi) is 5.88. The molecule has 0 aliphatic carbocycles. The van der Waals surface area contributed by atoms with Crippen LogP contribution in [-0.4, -0.2) is 33.4 Å². The molecule has 0 saturated carbocycles. The van der Waals surface area contributed by atoms with Crippen LogP contribution >= 0.6 is 0 Å². The molecule has 4 aromatic rings. The van der Waals surface area contributed by atoms with Gasteiger partial charge in [0.05, 0.1) is 23.5 Å². The molecule has 1 aliphatic rings. The lowest BCUT2D eigenvalue weighted by Gasteiger charge is -2.31. The first-order valence-electron chi connectivity index (χ1n) is 11.1. The second kappa shape index (κ2) is 9.11. The number of carbonyl (C=O) groups is 1. The number of hydrogen-bond acceptors (Lipinski definition) is 3. The maximum Gasteiger partial charge on any atom is 0.228 e. The van der Waals surface area contributed by atoms with Gasteiger partial charge in [0.15, 0.2) is 0 Å². The number of aromatic nitrogens is 2. The summed E-state index contributed by atoms with van der Waals surface area (Å²) in [7, 11) is 0. The van der Waals surface area contributed by atoms with Gasteiger partial charge in [-0.25, -0.2) is 13.8 Å². The summed E-state index contributed by atoms with van der Waals surface area (Å²) >= 11 is 0. The Morgan fingerprint density at radius 1 is 0.970 bits per heavy atom. The van der Waals surface area contributed by atoms with Crippen molar-refractivity contribution < 1.29 is 13.6 Å². The van der Waals surface area contributed by atoms with Crippen LogP contribution in [0.5, 0.6) is 0 Å². The van der Waals surface area contributed by atoms with E-state index in [9.17, 15) is 13.6 Å². The zero-order chi connectivity index (χ0) is 22.8. The molecular weight excluding hydrogens is 422 g/mol. The van der Waals surface area contributed by atoms with E-state index in [1.165, 1.54) is 24.3 Å². The molecule has 1 aliphatic heterocycles. The minimum atomic E-state index is -0.333. The monoisotopic (exact) mass is 446 g/mol. The minimum Gasteiger partial charge on any atom is -0.326 e. The van der Waals surface area contributed by atoms with Crippen LogP contribution in [0.4, 0.5) is 14.5 Å². The van der Waals surface area contributed by atoms with Gasteiger partial charge in [-0.15, -0.1) is 0 Å². The number of para-hydroxylation sites is 2. The Bertz CT molecular complexity index is 1270. The highest BCUT2D eigenvalue weighted by Gasteiger charge is 2.27. The summed E-state index contributed by atoms with van der Waals surface area (Å²) < 4.78 is 28.7. The molecule has 1 amide bonds. The number of hydrogen-bond donors (Lipinski definition) is 1. The fraction of sp³-hybridized carbons (Fsp3) is 0.231. The molecule has 33 heavy (non-hydrogen) atoms. The molecule has 3 aromatic carbocycles. The van der Waals surface area contributed by atoms with Gasteiger partial charge >= 0.3 is 0 Å². The number of benzene rings is 3. The number of nitrogens with one attached hydrogen (secondary N) is 1. The van der Waals surface area contributed by atoms with Gasteiger partial charge in [0, 0.05) is 17.9 Å². The summed E-state index contributed by atoms with van der Waals surface area (Å²) in [5, 5.41) is 2.90. The van der Waals surface area contributed by atoms with Crippen LogP contribution in [0.15, 0.2) is 72.8 Å². The summed E-state index contributed by atoms with van der Waals surface area (Å²) in [6, 6.07) is 20.1. The quantitative estimate of drug-likeness (QED) is 0.461. The highest BCUT2D eigenvalue weighted by atomic mass is 19.1. The fourth-order valence-electron chi connectivity index (χ4n) is 4.45. The highest BCUT2D eigenvalue weighted by molar-refractivity contribution is 5.92. The van der Waals surface area contributed by atoms with Crippen LogP contribution < -0.4 is 5.32 Å². The number of amides is 1. The van der Waals surface area contributed by atoms with Crippen LogP contribution in [0.3, 0.4) is 0 Å². The number of fused-ring (bicyclic) bond motifs is 1. The SMILES string of the molecule is O=C(Nc1ccc(F)cc1)[C@@H]1CCCN(Cc2nc3ccccc3n2-c2ccc(F)cc2)C1. The third kappa shape index (κ3) is 4.64. The predicted molar refractivity (Wildman–Crippen MR) is 124 cm³/mol. The average molecular weight is 447 g/mol. The van der Waals surface area contributed by atoms with Crippen molar-refractivity contribution in [3.63, 3.8) is 0 Å². The van der Waals surface area contributed by atoms with E-state index in [0.29, 0.717) is 18.8 Å². The van der Waals surface area contributed by atoms with Crippen molar-refractivity contribution in [3.05, 3.63) is 90.3 Å². The Morgan fingerprint density at radius 2 is 1.67 bits per heavy atom. The molecule has 0 bridgehead atoms. The zero-order valence-electron chi connectivity index (χ0n) is 18.0. The number of carbonyl (C=O) groups excluding carboxylic acids is 1. The second-order valence-electron chi connectivity index (χ2n) is 8.40. The molecule has 0 unspecified atom stereocenters. The standard InChI is InChI=1S/C26H24F2N4O/c27-19-7-11-21(12-8-19)29-26(33)18-4-3-15-31(16-18)17-25-30-23-5-1-2-6-24(23)32(25)22-13-9-20(28)10-14-22/h1-2,5-14,18H,3-4,15-17H2,(H,29,33)/t18-/m1/s1. The van der Waals surface area contributed by atoms with Crippen LogP contribution in [0.1, 0.15) is 18.7 Å². The molecule has 1 atom stereocenters. The molecule has 0 spiro atoms. The third-order valence-corrected chi connectivity index (χ3v) is 6.07. The zero-order valence-corrected chi connectivity index (χ0v) is 18.0. The van der Waals surface area contributed by atoms with E-state index in [1.54, 1.807) is 24.3 Å². The first-order valence-corrected chi connectivity index (χ1v) is 11.1. The molecule has 5 rings (SSSR count). The summed E-state index contributed by atoms with van der Waals surface area (Å²) in [5.41, 5.74) is 3.28. The molecule has 7 heteroatoms. The van der Waals surface area contributed by atoms with E-state index >= 15 is 0 Å². The molecule has 1 saturated heterocycles. The summed E-state index contributed by atoms with van der Waals surface area (Å²) in [6.45, 7) is 2.05. The van der Waals surface area contributed by atoms with Crippen molar-refractivity contribution in [2.45, 2.75) is 19.4 Å².